The molecule has 27 heavy (non-hydrogen) atoms. The van der Waals surface area contributed by atoms with Gasteiger partial charge in [-0.3, -0.25) is 9.59 Å². The van der Waals surface area contributed by atoms with Crippen LogP contribution in [0.25, 0.3) is 10.8 Å². The van der Waals surface area contributed by atoms with Crippen LogP contribution < -0.4 is 10.3 Å². The SMILES string of the molecule is CCOCCOCCOC(=O)Cn1ccc2cc(OC(C)C)ccc2c1=O. The van der Waals surface area contributed by atoms with Crippen molar-refractivity contribution in [2.45, 2.75) is 33.4 Å². The van der Waals surface area contributed by atoms with Crippen LogP contribution in [0, 0.1) is 0 Å². The molecule has 1 aromatic heterocycles. The molecule has 7 nitrogen and oxygen atoms in total. The van der Waals surface area contributed by atoms with Gasteiger partial charge in [0.25, 0.3) is 5.56 Å². The third-order valence-electron chi connectivity index (χ3n) is 3.69. The first-order valence-corrected chi connectivity index (χ1v) is 9.12. The molecule has 148 valence electrons. The van der Waals surface area contributed by atoms with Gasteiger partial charge in [0.05, 0.1) is 25.9 Å². The molecule has 0 N–H and O–H groups in total. The zero-order valence-corrected chi connectivity index (χ0v) is 16.1. The van der Waals surface area contributed by atoms with E-state index >= 15 is 0 Å². The van der Waals surface area contributed by atoms with E-state index in [0.29, 0.717) is 37.6 Å². The lowest BCUT2D eigenvalue weighted by Gasteiger charge is -2.11. The van der Waals surface area contributed by atoms with Crippen LogP contribution in [0.4, 0.5) is 0 Å². The smallest absolute Gasteiger partial charge is 0.326 e. The van der Waals surface area contributed by atoms with Crippen molar-refractivity contribution in [3.05, 3.63) is 40.8 Å². The summed E-state index contributed by atoms with van der Waals surface area (Å²) >= 11 is 0. The zero-order valence-electron chi connectivity index (χ0n) is 16.1. The number of esters is 1. The van der Waals surface area contributed by atoms with Crippen LogP contribution in [0.5, 0.6) is 5.75 Å². The maximum absolute atomic E-state index is 12.5. The lowest BCUT2D eigenvalue weighted by Crippen LogP contribution is -2.25. The van der Waals surface area contributed by atoms with Crippen molar-refractivity contribution in [3.63, 3.8) is 0 Å². The molecule has 0 fully saturated rings. The number of benzene rings is 1. The van der Waals surface area contributed by atoms with Gasteiger partial charge in [-0.05, 0) is 50.4 Å². The number of ether oxygens (including phenoxy) is 4. The highest BCUT2D eigenvalue weighted by atomic mass is 16.6. The Morgan fingerprint density at radius 1 is 1.07 bits per heavy atom. The number of aromatic nitrogens is 1. The van der Waals surface area contributed by atoms with E-state index in [9.17, 15) is 9.59 Å². The van der Waals surface area contributed by atoms with Crippen molar-refractivity contribution in [2.24, 2.45) is 0 Å². The van der Waals surface area contributed by atoms with E-state index < -0.39 is 5.97 Å². The third-order valence-corrected chi connectivity index (χ3v) is 3.69. The number of carbonyl (C=O) groups excluding carboxylic acids is 1. The molecule has 0 aliphatic rings. The lowest BCUT2D eigenvalue weighted by molar-refractivity contribution is -0.146. The summed E-state index contributed by atoms with van der Waals surface area (Å²) in [6, 6.07) is 7.07. The van der Waals surface area contributed by atoms with Gasteiger partial charge >= 0.3 is 5.97 Å². The van der Waals surface area contributed by atoms with Gasteiger partial charge in [0.15, 0.2) is 0 Å². The minimum absolute atomic E-state index is 0.0562. The molecule has 1 aromatic carbocycles. The lowest BCUT2D eigenvalue weighted by atomic mass is 10.1. The minimum Gasteiger partial charge on any atom is -0.491 e. The molecule has 0 atom stereocenters. The number of hydrogen-bond acceptors (Lipinski definition) is 6. The highest BCUT2D eigenvalue weighted by molar-refractivity contribution is 5.83. The second kappa shape index (κ2) is 10.7. The summed E-state index contributed by atoms with van der Waals surface area (Å²) in [5, 5.41) is 1.30. The summed E-state index contributed by atoms with van der Waals surface area (Å²) in [5.41, 5.74) is -0.242. The highest BCUT2D eigenvalue weighted by Crippen LogP contribution is 2.19. The Morgan fingerprint density at radius 3 is 2.56 bits per heavy atom. The molecule has 0 aliphatic carbocycles. The summed E-state index contributed by atoms with van der Waals surface area (Å²) in [7, 11) is 0. The van der Waals surface area contributed by atoms with Gasteiger partial charge in [-0.25, -0.2) is 0 Å². The molecule has 0 spiro atoms. The fourth-order valence-electron chi connectivity index (χ4n) is 2.50. The number of nitrogens with zero attached hydrogens (tertiary/aromatic N) is 1. The van der Waals surface area contributed by atoms with E-state index in [4.69, 9.17) is 18.9 Å². The number of fused-ring (bicyclic) bond motifs is 1. The molecule has 0 amide bonds. The molecular weight excluding hydrogens is 350 g/mol. The van der Waals surface area contributed by atoms with Crippen LogP contribution in [0.1, 0.15) is 20.8 Å². The van der Waals surface area contributed by atoms with Gasteiger partial charge in [-0.2, -0.15) is 0 Å². The minimum atomic E-state index is -0.482. The topological polar surface area (TPSA) is 76.0 Å². The third kappa shape index (κ3) is 6.69. The quantitative estimate of drug-likeness (QED) is 0.442. The van der Waals surface area contributed by atoms with E-state index in [1.165, 1.54) is 4.57 Å². The first kappa shape index (κ1) is 20.9. The summed E-state index contributed by atoms with van der Waals surface area (Å²) in [5.74, 6) is 0.225. The van der Waals surface area contributed by atoms with Gasteiger partial charge in [0, 0.05) is 18.2 Å². The van der Waals surface area contributed by atoms with Crippen molar-refractivity contribution < 1.29 is 23.7 Å². The largest absolute Gasteiger partial charge is 0.491 e. The zero-order chi connectivity index (χ0) is 19.6. The van der Waals surface area contributed by atoms with Gasteiger partial charge in [-0.1, -0.05) is 0 Å². The molecule has 0 radical (unpaired) electrons. The van der Waals surface area contributed by atoms with Gasteiger partial charge in [0.2, 0.25) is 0 Å². The molecule has 0 bridgehead atoms. The first-order chi connectivity index (χ1) is 13.0. The Bertz CT molecular complexity index is 799. The summed E-state index contributed by atoms with van der Waals surface area (Å²) < 4.78 is 22.5. The van der Waals surface area contributed by atoms with E-state index in [1.54, 1.807) is 24.4 Å². The first-order valence-electron chi connectivity index (χ1n) is 9.12. The second-order valence-electron chi connectivity index (χ2n) is 6.19. The Hall–Kier alpha value is -2.38. The van der Waals surface area contributed by atoms with Crippen LogP contribution >= 0.6 is 0 Å². The van der Waals surface area contributed by atoms with Crippen molar-refractivity contribution in [3.8, 4) is 5.75 Å². The Kier molecular flexibility index (Phi) is 8.29. The molecule has 7 heteroatoms. The summed E-state index contributed by atoms with van der Waals surface area (Å²) in [4.78, 5) is 24.5. The Morgan fingerprint density at radius 2 is 1.81 bits per heavy atom. The molecule has 2 aromatic rings. The van der Waals surface area contributed by atoms with Crippen LogP contribution in [0.15, 0.2) is 35.3 Å². The predicted octanol–water partition coefficient (Wildman–Crippen LogP) is 2.38. The number of pyridine rings is 1. The molecule has 0 aliphatic heterocycles. The van der Waals surface area contributed by atoms with Crippen molar-refractivity contribution in [2.75, 3.05) is 33.0 Å². The monoisotopic (exact) mass is 377 g/mol. The maximum Gasteiger partial charge on any atom is 0.326 e. The standard InChI is InChI=1S/C20H27NO6/c1-4-24-9-10-25-11-12-26-19(22)14-21-8-7-16-13-17(27-15(2)3)5-6-18(16)20(21)23/h5-8,13,15H,4,9-12,14H2,1-3H3. The molecule has 2 rings (SSSR count). The van der Waals surface area contributed by atoms with Gasteiger partial charge in [-0.15, -0.1) is 0 Å². The average molecular weight is 377 g/mol. The molecular formula is C20H27NO6. The van der Waals surface area contributed by atoms with Gasteiger partial charge in [0.1, 0.15) is 18.9 Å². The van der Waals surface area contributed by atoms with Crippen molar-refractivity contribution in [1.82, 2.24) is 4.57 Å². The molecule has 0 unspecified atom stereocenters. The van der Waals surface area contributed by atoms with Crippen molar-refractivity contribution in [1.29, 1.82) is 0 Å². The second-order valence-corrected chi connectivity index (χ2v) is 6.19. The Balaban J connectivity index is 1.89. The Labute approximate surface area is 158 Å². The fourth-order valence-corrected chi connectivity index (χ4v) is 2.50. The normalized spacial score (nSPS) is 11.1. The average Bonchev–Trinajstić information content (AvgIpc) is 2.63. The highest BCUT2D eigenvalue weighted by Gasteiger charge is 2.09. The van der Waals surface area contributed by atoms with E-state index in [1.807, 2.05) is 26.8 Å². The number of carbonyl (C=O) groups is 1. The number of rotatable bonds is 11. The van der Waals surface area contributed by atoms with Crippen molar-refractivity contribution >= 4 is 16.7 Å². The summed E-state index contributed by atoms with van der Waals surface area (Å²) in [6.45, 7) is 7.71. The molecule has 0 saturated heterocycles. The van der Waals surface area contributed by atoms with Gasteiger partial charge < -0.3 is 23.5 Å². The fraction of sp³-hybridized carbons (Fsp3) is 0.500. The summed E-state index contributed by atoms with van der Waals surface area (Å²) in [6.07, 6.45) is 1.64. The van der Waals surface area contributed by atoms with E-state index in [2.05, 4.69) is 0 Å². The maximum atomic E-state index is 12.5. The van der Waals surface area contributed by atoms with Crippen LogP contribution in [-0.4, -0.2) is 49.7 Å². The van der Waals surface area contributed by atoms with E-state index in [0.717, 1.165) is 5.39 Å². The van der Waals surface area contributed by atoms with Crippen LogP contribution in [0.3, 0.4) is 0 Å². The van der Waals surface area contributed by atoms with Crippen LogP contribution in [0.2, 0.25) is 0 Å². The predicted molar refractivity (Wildman–Crippen MR) is 102 cm³/mol. The molecule has 1 heterocycles. The molecule has 0 saturated carbocycles. The van der Waals surface area contributed by atoms with Crippen LogP contribution in [-0.2, 0) is 25.5 Å². The van der Waals surface area contributed by atoms with E-state index in [-0.39, 0.29) is 24.8 Å². The number of hydrogen-bond donors (Lipinski definition) is 0.